The van der Waals surface area contributed by atoms with Gasteiger partial charge in [-0.05, 0) is 85.5 Å². The zero-order valence-corrected chi connectivity index (χ0v) is 24.1. The molecule has 4 rings (SSSR count). The second kappa shape index (κ2) is 11.1. The monoisotopic (exact) mass is 545 g/mol. The van der Waals surface area contributed by atoms with Crippen molar-refractivity contribution in [1.82, 2.24) is 0 Å². The Morgan fingerprint density at radius 3 is 2.41 bits per heavy atom. The van der Waals surface area contributed by atoms with Crippen LogP contribution in [0.4, 0.5) is 0 Å². The van der Waals surface area contributed by atoms with Crippen molar-refractivity contribution in [3.63, 3.8) is 0 Å². The molecule has 0 bridgehead atoms. The largest absolute Gasteiger partial charge is 0.469 e. The second-order valence-corrected chi connectivity index (χ2v) is 12.9. The highest BCUT2D eigenvalue weighted by Gasteiger charge is 2.69. The van der Waals surface area contributed by atoms with Gasteiger partial charge in [-0.25, -0.2) is 0 Å². The van der Waals surface area contributed by atoms with Crippen LogP contribution in [0.1, 0.15) is 86.0 Å². The molecule has 0 aromatic rings. The maximum atomic E-state index is 14.5. The van der Waals surface area contributed by atoms with Crippen LogP contribution < -0.4 is 0 Å². The molecule has 0 N–H and O–H groups in total. The maximum absolute atomic E-state index is 14.5. The topological polar surface area (TPSA) is 145 Å². The fourth-order valence-corrected chi connectivity index (χ4v) is 9.43. The summed E-state index contributed by atoms with van der Waals surface area (Å²) in [5.74, 6) is -1.26. The van der Waals surface area contributed by atoms with Crippen molar-refractivity contribution >= 4 is 23.7 Å². The standard InChI is InChI=1S/C29H43N3O7/c1-15(7-10-23(35)37-6)20-8-9-21-24-22(39-17(3)34)14-18-13-19(38-16(2)33)11-12-28(18,4)25(24)26(31-32-30)27(36)29(20,21)5/h15,18-22,24-26H,7-14H2,1-6H3/t15-,18+,19-,20-,21+,22-,24-,25-,26-,28+,29-/m1/s1. The van der Waals surface area contributed by atoms with E-state index in [1.165, 1.54) is 21.0 Å². The quantitative estimate of drug-likeness (QED) is 0.141. The minimum Gasteiger partial charge on any atom is -0.469 e. The van der Waals surface area contributed by atoms with Crippen LogP contribution >= 0.6 is 0 Å². The van der Waals surface area contributed by atoms with Gasteiger partial charge in [0.2, 0.25) is 0 Å². The maximum Gasteiger partial charge on any atom is 0.305 e. The minimum atomic E-state index is -0.870. The average molecular weight is 546 g/mol. The third kappa shape index (κ3) is 5.05. The molecule has 0 aliphatic heterocycles. The zero-order valence-electron chi connectivity index (χ0n) is 24.1. The first-order chi connectivity index (χ1) is 18.4. The fraction of sp³-hybridized carbons (Fsp3) is 0.862. The number of ketones is 1. The second-order valence-electron chi connectivity index (χ2n) is 12.9. The van der Waals surface area contributed by atoms with Crippen LogP contribution in [0.2, 0.25) is 0 Å². The first-order valence-electron chi connectivity index (χ1n) is 14.4. The van der Waals surface area contributed by atoms with Crippen LogP contribution in [0, 0.1) is 46.3 Å². The highest BCUT2D eigenvalue weighted by molar-refractivity contribution is 5.92. The molecule has 4 aliphatic carbocycles. The smallest absolute Gasteiger partial charge is 0.305 e. The minimum absolute atomic E-state index is 0.0141. The van der Waals surface area contributed by atoms with E-state index in [2.05, 4.69) is 23.9 Å². The summed E-state index contributed by atoms with van der Waals surface area (Å²) in [4.78, 5) is 53.6. The van der Waals surface area contributed by atoms with E-state index in [0.29, 0.717) is 25.7 Å². The summed E-state index contributed by atoms with van der Waals surface area (Å²) in [6.45, 7) is 9.11. The lowest BCUT2D eigenvalue weighted by Gasteiger charge is -2.63. The Morgan fingerprint density at radius 2 is 1.79 bits per heavy atom. The van der Waals surface area contributed by atoms with Gasteiger partial charge in [0.15, 0.2) is 0 Å². The summed E-state index contributed by atoms with van der Waals surface area (Å²) in [6.07, 6.45) is 4.56. The van der Waals surface area contributed by atoms with Gasteiger partial charge >= 0.3 is 17.9 Å². The molecule has 0 heterocycles. The number of hydrogen-bond donors (Lipinski definition) is 0. The molecule has 0 saturated heterocycles. The van der Waals surface area contributed by atoms with Crippen molar-refractivity contribution in [1.29, 1.82) is 0 Å². The number of ether oxygens (including phenoxy) is 3. The SMILES string of the molecule is COC(=O)CC[C@@H](C)[C@H]1CC[C@H]2[C@H]3[C@H]([C@@H](N=[N+]=[N-])C(=O)[C@]12C)[C@@]1(C)CC[C@@H](OC(C)=O)C[C@H]1C[C@H]3OC(C)=O. The van der Waals surface area contributed by atoms with Gasteiger partial charge in [0.25, 0.3) is 0 Å². The molecule has 216 valence electrons. The fourth-order valence-electron chi connectivity index (χ4n) is 9.43. The normalized spacial score (nSPS) is 41.6. The number of Topliss-reactive ketones (excluding diaryl/α,β-unsaturated/α-hetero) is 1. The zero-order chi connectivity index (χ0) is 28.7. The molecule has 4 saturated carbocycles. The van der Waals surface area contributed by atoms with E-state index in [0.717, 1.165) is 19.3 Å². The molecule has 0 unspecified atom stereocenters. The molecule has 0 amide bonds. The number of fused-ring (bicyclic) bond motifs is 5. The summed E-state index contributed by atoms with van der Waals surface area (Å²) in [7, 11) is 1.38. The molecule has 39 heavy (non-hydrogen) atoms. The number of rotatable bonds is 7. The molecular formula is C29H43N3O7. The van der Waals surface area contributed by atoms with Crippen LogP contribution in [0.3, 0.4) is 0 Å². The number of methoxy groups -OCH3 is 1. The lowest BCUT2D eigenvalue weighted by Crippen LogP contribution is -2.66. The van der Waals surface area contributed by atoms with Gasteiger partial charge in [0.1, 0.15) is 24.0 Å². The summed E-state index contributed by atoms with van der Waals surface area (Å²) >= 11 is 0. The summed E-state index contributed by atoms with van der Waals surface area (Å²) < 4.78 is 16.4. The molecule has 10 heteroatoms. The average Bonchev–Trinajstić information content (AvgIpc) is 3.23. The van der Waals surface area contributed by atoms with Gasteiger partial charge in [0, 0.05) is 36.5 Å². The number of azide groups is 1. The van der Waals surface area contributed by atoms with Gasteiger partial charge in [-0.3, -0.25) is 19.2 Å². The molecule has 4 aliphatic rings. The molecule has 0 aromatic carbocycles. The van der Waals surface area contributed by atoms with E-state index in [1.807, 2.05) is 6.92 Å². The van der Waals surface area contributed by atoms with E-state index in [-0.39, 0.29) is 77.1 Å². The summed E-state index contributed by atoms with van der Waals surface area (Å²) in [6, 6.07) is -0.870. The van der Waals surface area contributed by atoms with Crippen LogP contribution in [0.25, 0.3) is 10.4 Å². The van der Waals surface area contributed by atoms with Crippen LogP contribution in [0.5, 0.6) is 0 Å². The third-order valence-electron chi connectivity index (χ3n) is 11.1. The van der Waals surface area contributed by atoms with E-state index in [9.17, 15) is 24.7 Å². The van der Waals surface area contributed by atoms with Gasteiger partial charge in [-0.2, -0.15) is 0 Å². The van der Waals surface area contributed by atoms with Crippen LogP contribution in [-0.4, -0.2) is 49.1 Å². The highest BCUT2D eigenvalue weighted by atomic mass is 16.5. The van der Waals surface area contributed by atoms with E-state index in [4.69, 9.17) is 14.2 Å². The van der Waals surface area contributed by atoms with Crippen molar-refractivity contribution in [2.75, 3.05) is 7.11 Å². The molecule has 10 nitrogen and oxygen atoms in total. The Labute approximate surface area is 230 Å². The van der Waals surface area contributed by atoms with Crippen molar-refractivity contribution in [2.24, 2.45) is 51.5 Å². The van der Waals surface area contributed by atoms with Gasteiger partial charge < -0.3 is 14.2 Å². The van der Waals surface area contributed by atoms with Crippen molar-refractivity contribution in [2.45, 2.75) is 104 Å². The van der Waals surface area contributed by atoms with Gasteiger partial charge in [-0.1, -0.05) is 25.9 Å². The van der Waals surface area contributed by atoms with E-state index < -0.39 is 17.6 Å². The number of carbonyl (C=O) groups excluding carboxylic acids is 4. The Kier molecular flexibility index (Phi) is 8.36. The van der Waals surface area contributed by atoms with Gasteiger partial charge in [-0.15, -0.1) is 0 Å². The van der Waals surface area contributed by atoms with Gasteiger partial charge in [0.05, 0.1) is 7.11 Å². The van der Waals surface area contributed by atoms with Crippen molar-refractivity contribution < 1.29 is 33.4 Å². The molecule has 0 radical (unpaired) electrons. The van der Waals surface area contributed by atoms with Crippen LogP contribution in [-0.2, 0) is 33.4 Å². The Bertz CT molecular complexity index is 1060. The lowest BCUT2D eigenvalue weighted by molar-refractivity contribution is -0.200. The van der Waals surface area contributed by atoms with Crippen LogP contribution in [0.15, 0.2) is 5.11 Å². The predicted octanol–water partition coefficient (Wildman–Crippen LogP) is 5.18. The molecule has 0 aromatic heterocycles. The first-order valence-corrected chi connectivity index (χ1v) is 14.4. The predicted molar refractivity (Wildman–Crippen MR) is 141 cm³/mol. The highest BCUT2D eigenvalue weighted by Crippen LogP contribution is 2.68. The van der Waals surface area contributed by atoms with E-state index in [1.54, 1.807) is 0 Å². The summed E-state index contributed by atoms with van der Waals surface area (Å²) in [5, 5.41) is 4.18. The molecule has 4 fully saturated rings. The Morgan fingerprint density at radius 1 is 1.10 bits per heavy atom. The lowest BCUT2D eigenvalue weighted by atomic mass is 9.42. The number of hydrogen-bond acceptors (Lipinski definition) is 8. The Hall–Kier alpha value is -2.61. The Balaban J connectivity index is 1.75. The summed E-state index contributed by atoms with van der Waals surface area (Å²) in [5.41, 5.74) is 8.55. The molecular weight excluding hydrogens is 502 g/mol. The molecule has 11 atom stereocenters. The number of carbonyl (C=O) groups is 4. The van der Waals surface area contributed by atoms with Crippen molar-refractivity contribution in [3.05, 3.63) is 10.4 Å². The van der Waals surface area contributed by atoms with E-state index >= 15 is 0 Å². The third-order valence-corrected chi connectivity index (χ3v) is 11.1. The first kappa shape index (κ1) is 29.4. The number of esters is 3. The van der Waals surface area contributed by atoms with Crippen molar-refractivity contribution in [3.8, 4) is 0 Å². The number of nitrogens with zero attached hydrogens (tertiary/aromatic N) is 3. The molecule has 0 spiro atoms.